The molecule has 20 heavy (non-hydrogen) atoms. The van der Waals surface area contributed by atoms with E-state index >= 15 is 0 Å². The van der Waals surface area contributed by atoms with E-state index in [9.17, 15) is 20.1 Å². The predicted molar refractivity (Wildman–Crippen MR) is 73.8 cm³/mol. The number of rotatable bonds is 3. The zero-order valence-electron chi connectivity index (χ0n) is 11.2. The summed E-state index contributed by atoms with van der Waals surface area (Å²) in [5.41, 5.74) is -0.704. The molecule has 0 heterocycles. The number of carbonyl (C=O) groups is 1. The molecule has 2 rings (SSSR count). The number of nitrogens with zero attached hydrogens (tertiary/aromatic N) is 2. The summed E-state index contributed by atoms with van der Waals surface area (Å²) < 4.78 is 0.646. The van der Waals surface area contributed by atoms with Gasteiger partial charge in [-0.05, 0) is 18.9 Å². The van der Waals surface area contributed by atoms with Gasteiger partial charge >= 0.3 is 0 Å². The van der Waals surface area contributed by atoms with Crippen molar-refractivity contribution < 1.29 is 14.5 Å². The first-order chi connectivity index (χ1) is 9.43. The molecule has 0 saturated heterocycles. The molecule has 0 amide bonds. The van der Waals surface area contributed by atoms with E-state index in [1.807, 2.05) is 0 Å². The van der Waals surface area contributed by atoms with Gasteiger partial charge in [0.05, 0.1) is 4.92 Å². The van der Waals surface area contributed by atoms with E-state index in [-0.39, 0.29) is 11.5 Å². The maximum atomic E-state index is 12.3. The van der Waals surface area contributed by atoms with Gasteiger partial charge in [0, 0.05) is 37.5 Å². The minimum Gasteiger partial charge on any atom is -0.623 e. The number of ketones is 1. The largest absolute Gasteiger partial charge is 0.623 e. The van der Waals surface area contributed by atoms with E-state index in [2.05, 4.69) is 0 Å². The van der Waals surface area contributed by atoms with Crippen molar-refractivity contribution >= 4 is 17.7 Å². The molecule has 0 spiro atoms. The van der Waals surface area contributed by atoms with Crippen molar-refractivity contribution in [3.8, 4) is 0 Å². The van der Waals surface area contributed by atoms with E-state index < -0.39 is 10.5 Å². The van der Waals surface area contributed by atoms with Gasteiger partial charge in [-0.15, -0.1) is 0 Å². The fourth-order valence-electron chi connectivity index (χ4n) is 2.39. The normalized spacial score (nSPS) is 23.6. The number of Topliss-reactive ketones (excluding diaryl/α,β-unsaturated/α-hetero) is 1. The van der Waals surface area contributed by atoms with Gasteiger partial charge in [-0.3, -0.25) is 14.9 Å². The summed E-state index contributed by atoms with van der Waals surface area (Å²) in [6, 6.07) is 5.80. The Kier molecular flexibility index (Phi) is 3.83. The minimum absolute atomic E-state index is 0.0690. The van der Waals surface area contributed by atoms with Crippen LogP contribution in [0.3, 0.4) is 0 Å². The van der Waals surface area contributed by atoms with Gasteiger partial charge in [-0.25, -0.2) is 0 Å². The molecule has 0 aliphatic heterocycles. The first-order valence-electron chi connectivity index (χ1n) is 6.52. The highest BCUT2D eigenvalue weighted by atomic mass is 16.6. The fraction of sp³-hybridized carbons (Fsp3) is 0.429. The van der Waals surface area contributed by atoms with Crippen molar-refractivity contribution in [3.63, 3.8) is 0 Å². The lowest BCUT2D eigenvalue weighted by molar-refractivity contribution is -0.525. The Hall–Kier alpha value is -2.24. The molecule has 1 aromatic rings. The van der Waals surface area contributed by atoms with Crippen molar-refractivity contribution in [2.24, 2.45) is 0 Å². The molecule has 1 saturated carbocycles. The molecule has 0 bridgehead atoms. The summed E-state index contributed by atoms with van der Waals surface area (Å²) in [5.74, 6) is -0.0690. The second-order valence-electron chi connectivity index (χ2n) is 5.21. The zero-order valence-corrected chi connectivity index (χ0v) is 11.2. The van der Waals surface area contributed by atoms with E-state index in [4.69, 9.17) is 0 Å². The average Bonchev–Trinajstić information content (AvgIpc) is 2.42. The van der Waals surface area contributed by atoms with Crippen LogP contribution in [0.1, 0.15) is 38.2 Å². The molecule has 1 aliphatic rings. The number of nitro benzene ring substituents is 1. The third kappa shape index (κ3) is 2.68. The molecule has 1 aromatic carbocycles. The van der Waals surface area contributed by atoms with Crippen molar-refractivity contribution in [2.75, 3.05) is 0 Å². The maximum absolute atomic E-state index is 12.3. The molecule has 6 nitrogen and oxygen atoms in total. The van der Waals surface area contributed by atoms with Crippen LogP contribution in [0.2, 0.25) is 0 Å². The van der Waals surface area contributed by atoms with Crippen molar-refractivity contribution in [2.45, 2.75) is 38.1 Å². The van der Waals surface area contributed by atoms with Crippen LogP contribution in [0.5, 0.6) is 0 Å². The van der Waals surface area contributed by atoms with Gasteiger partial charge in [0.1, 0.15) is 0 Å². The molecule has 6 heteroatoms. The number of benzene rings is 1. The Morgan fingerprint density at radius 2 is 2.05 bits per heavy atom. The molecule has 0 N–H and O–H groups in total. The Balaban J connectivity index is 2.32. The molecule has 1 fully saturated rings. The summed E-state index contributed by atoms with van der Waals surface area (Å²) in [6.07, 6.45) is 3.85. The van der Waals surface area contributed by atoms with Gasteiger partial charge in [0.15, 0.2) is 6.21 Å². The van der Waals surface area contributed by atoms with E-state index in [1.54, 1.807) is 13.0 Å². The highest BCUT2D eigenvalue weighted by molar-refractivity contribution is 5.88. The van der Waals surface area contributed by atoms with Gasteiger partial charge in [0.2, 0.25) is 11.3 Å². The third-order valence-electron chi connectivity index (χ3n) is 3.75. The van der Waals surface area contributed by atoms with Gasteiger partial charge in [-0.1, -0.05) is 6.07 Å². The summed E-state index contributed by atoms with van der Waals surface area (Å²) in [5, 5.41) is 23.0. The molecular formula is C14H16N2O4. The molecular weight excluding hydrogens is 260 g/mol. The van der Waals surface area contributed by atoms with E-state index in [0.29, 0.717) is 23.1 Å². The van der Waals surface area contributed by atoms with Gasteiger partial charge in [0.25, 0.3) is 5.69 Å². The van der Waals surface area contributed by atoms with Gasteiger partial charge < -0.3 is 5.21 Å². The summed E-state index contributed by atoms with van der Waals surface area (Å²) in [6.45, 7) is 1.63. The van der Waals surface area contributed by atoms with E-state index in [1.165, 1.54) is 24.4 Å². The van der Waals surface area contributed by atoms with Crippen LogP contribution < -0.4 is 0 Å². The summed E-state index contributed by atoms with van der Waals surface area (Å²) in [7, 11) is 0. The number of hydrogen-bond donors (Lipinski definition) is 0. The van der Waals surface area contributed by atoms with Gasteiger partial charge in [-0.2, -0.15) is 4.74 Å². The number of non-ortho nitro benzene ring substituents is 1. The van der Waals surface area contributed by atoms with Crippen molar-refractivity contribution in [3.05, 3.63) is 45.2 Å². The highest BCUT2D eigenvalue weighted by Gasteiger charge is 2.42. The molecule has 1 atom stereocenters. The average molecular weight is 276 g/mol. The first-order valence-corrected chi connectivity index (χ1v) is 6.52. The molecule has 1 aliphatic carbocycles. The minimum atomic E-state index is -1.05. The fourth-order valence-corrected chi connectivity index (χ4v) is 2.39. The standard InChI is InChI=1S/C14H16N2O4/c1-14(8-3-2-7-13(14)17)15(18)10-11-5-4-6-12(9-11)16(19)20/h4-6,9-10H,2-3,7-8H2,1H3. The van der Waals surface area contributed by atoms with Crippen molar-refractivity contribution in [1.29, 1.82) is 0 Å². The number of carbonyl (C=O) groups excluding carboxylic acids is 1. The monoisotopic (exact) mass is 276 g/mol. The topological polar surface area (TPSA) is 86.3 Å². The Morgan fingerprint density at radius 3 is 2.70 bits per heavy atom. The maximum Gasteiger partial charge on any atom is 0.270 e. The number of hydroxylamine groups is 1. The number of hydrogen-bond acceptors (Lipinski definition) is 4. The van der Waals surface area contributed by atoms with Crippen molar-refractivity contribution in [1.82, 2.24) is 0 Å². The summed E-state index contributed by atoms with van der Waals surface area (Å²) in [4.78, 5) is 22.1. The lowest BCUT2D eigenvalue weighted by Crippen LogP contribution is -2.46. The number of nitro groups is 1. The smallest absolute Gasteiger partial charge is 0.270 e. The van der Waals surface area contributed by atoms with Crippen LogP contribution in [0.4, 0.5) is 5.69 Å². The van der Waals surface area contributed by atoms with E-state index in [0.717, 1.165) is 12.8 Å². The van der Waals surface area contributed by atoms with Crippen LogP contribution >= 0.6 is 0 Å². The van der Waals surface area contributed by atoms with Crippen LogP contribution in [-0.4, -0.2) is 27.2 Å². The molecule has 0 aromatic heterocycles. The summed E-state index contributed by atoms with van der Waals surface area (Å²) >= 11 is 0. The molecule has 1 unspecified atom stereocenters. The first kappa shape index (κ1) is 14.2. The Bertz CT molecular complexity index is 582. The zero-order chi connectivity index (χ0) is 14.8. The predicted octanol–water partition coefficient (Wildman–Crippen LogP) is 2.43. The second kappa shape index (κ2) is 5.40. The van der Waals surface area contributed by atoms with Crippen LogP contribution in [-0.2, 0) is 4.79 Å². The second-order valence-corrected chi connectivity index (χ2v) is 5.21. The van der Waals surface area contributed by atoms with Crippen LogP contribution in [0, 0.1) is 15.3 Å². The van der Waals surface area contributed by atoms with Crippen LogP contribution in [0.15, 0.2) is 24.3 Å². The highest BCUT2D eigenvalue weighted by Crippen LogP contribution is 2.27. The van der Waals surface area contributed by atoms with Crippen LogP contribution in [0.25, 0.3) is 0 Å². The SMILES string of the molecule is CC1([N+]([O-])=Cc2cccc([N+](=O)[O-])c2)CCCCC1=O. The Morgan fingerprint density at radius 1 is 1.30 bits per heavy atom. The molecule has 0 radical (unpaired) electrons. The Labute approximate surface area is 116 Å². The lowest BCUT2D eigenvalue weighted by Gasteiger charge is -2.30. The third-order valence-corrected chi connectivity index (χ3v) is 3.75. The quantitative estimate of drug-likeness (QED) is 0.279. The lowest BCUT2D eigenvalue weighted by atomic mass is 9.82. The molecule has 106 valence electrons.